The molecule has 0 aromatic carbocycles. The second-order valence-corrected chi connectivity index (χ2v) is 6.09. The summed E-state index contributed by atoms with van der Waals surface area (Å²) in [5.41, 5.74) is 7.07. The first-order valence-electron chi connectivity index (χ1n) is 6.42. The van der Waals surface area contributed by atoms with Crippen molar-refractivity contribution < 1.29 is 15.3 Å². The molecule has 1 unspecified atom stereocenters. The van der Waals surface area contributed by atoms with Crippen LogP contribution in [0.4, 0.5) is 0 Å². The molecule has 0 aliphatic carbocycles. The summed E-state index contributed by atoms with van der Waals surface area (Å²) in [5.74, 6) is 0.639. The second-order valence-electron chi connectivity index (χ2n) is 4.97. The third-order valence-corrected chi connectivity index (χ3v) is 4.17. The lowest BCUT2D eigenvalue weighted by atomic mass is 10.0. The van der Waals surface area contributed by atoms with E-state index in [0.29, 0.717) is 12.3 Å². The molecule has 110 valence electrons. The Balaban J connectivity index is 2.52. The van der Waals surface area contributed by atoms with E-state index < -0.39 is 0 Å². The van der Waals surface area contributed by atoms with Gasteiger partial charge in [-0.25, -0.2) is 4.98 Å². The van der Waals surface area contributed by atoms with E-state index in [4.69, 9.17) is 16.1 Å². The van der Waals surface area contributed by atoms with Gasteiger partial charge in [0.15, 0.2) is 0 Å². The van der Waals surface area contributed by atoms with Gasteiger partial charge in [0.2, 0.25) is 0 Å². The van der Waals surface area contributed by atoms with Crippen LogP contribution in [0.15, 0.2) is 0 Å². The van der Waals surface area contributed by atoms with E-state index in [1.165, 1.54) is 0 Å². The lowest BCUT2D eigenvalue weighted by molar-refractivity contribution is -0.492. The quantitative estimate of drug-likeness (QED) is 0.637. The van der Waals surface area contributed by atoms with Crippen molar-refractivity contribution in [3.05, 3.63) is 15.6 Å². The minimum Gasteiger partial charge on any atom is -0.322 e. The van der Waals surface area contributed by atoms with Crippen molar-refractivity contribution in [3.8, 4) is 0 Å². The Hall–Kier alpha value is -0.570. The van der Waals surface area contributed by atoms with Crippen molar-refractivity contribution in [2.24, 2.45) is 11.7 Å². The van der Waals surface area contributed by atoms with Crippen molar-refractivity contribution in [1.29, 1.82) is 0 Å². The SMILES string of the molecule is Cc1nc(C(N)CCC(C)C)sc1CCON(O)O. The fourth-order valence-corrected chi connectivity index (χ4v) is 2.78. The Morgan fingerprint density at radius 3 is 2.63 bits per heavy atom. The molecule has 1 aromatic rings. The first-order valence-corrected chi connectivity index (χ1v) is 7.24. The molecule has 0 saturated carbocycles. The monoisotopic (exact) mass is 289 g/mol. The predicted octanol–water partition coefficient (Wildman–Crippen LogP) is 2.44. The van der Waals surface area contributed by atoms with Crippen molar-refractivity contribution >= 4 is 11.3 Å². The van der Waals surface area contributed by atoms with Crippen LogP contribution in [0.5, 0.6) is 0 Å². The Labute approximate surface area is 117 Å². The third-order valence-electron chi connectivity index (χ3n) is 2.82. The molecule has 0 spiro atoms. The maximum absolute atomic E-state index is 8.45. The molecule has 19 heavy (non-hydrogen) atoms. The van der Waals surface area contributed by atoms with Gasteiger partial charge in [-0.1, -0.05) is 13.8 Å². The van der Waals surface area contributed by atoms with E-state index in [0.717, 1.165) is 28.4 Å². The maximum Gasteiger partial charge on any atom is 0.110 e. The molecule has 0 amide bonds. The maximum atomic E-state index is 8.45. The van der Waals surface area contributed by atoms with Crippen molar-refractivity contribution in [2.45, 2.75) is 46.1 Å². The lowest BCUT2D eigenvalue weighted by Crippen LogP contribution is -2.16. The first-order chi connectivity index (χ1) is 8.90. The molecular formula is C12H23N3O3S. The normalized spacial score (nSPS) is 13.5. The number of aromatic nitrogens is 1. The molecule has 1 aromatic heterocycles. The summed E-state index contributed by atoms with van der Waals surface area (Å²) < 4.78 is 0. The van der Waals surface area contributed by atoms with Crippen LogP contribution in [0.3, 0.4) is 0 Å². The topological polar surface area (TPSA) is 91.8 Å². The molecular weight excluding hydrogens is 266 g/mol. The van der Waals surface area contributed by atoms with Gasteiger partial charge < -0.3 is 5.73 Å². The van der Waals surface area contributed by atoms with Gasteiger partial charge in [0, 0.05) is 11.3 Å². The number of nitrogens with zero attached hydrogens (tertiary/aromatic N) is 2. The summed E-state index contributed by atoms with van der Waals surface area (Å²) >= 11 is 1.57. The van der Waals surface area contributed by atoms with Crippen molar-refractivity contribution in [2.75, 3.05) is 6.61 Å². The van der Waals surface area contributed by atoms with Crippen LogP contribution in [0.2, 0.25) is 0 Å². The van der Waals surface area contributed by atoms with Crippen LogP contribution < -0.4 is 5.73 Å². The highest BCUT2D eigenvalue weighted by Crippen LogP contribution is 2.26. The average molecular weight is 289 g/mol. The summed E-state index contributed by atoms with van der Waals surface area (Å²) in [7, 11) is 0. The first kappa shape index (κ1) is 16.5. The van der Waals surface area contributed by atoms with Crippen LogP contribution in [0.1, 0.15) is 48.3 Å². The minimum absolute atomic E-state index is 0.0204. The minimum atomic E-state index is -0.272. The lowest BCUT2D eigenvalue weighted by Gasteiger charge is -2.09. The van der Waals surface area contributed by atoms with Crippen LogP contribution in [-0.4, -0.2) is 27.4 Å². The molecule has 7 heteroatoms. The highest BCUT2D eigenvalue weighted by atomic mass is 32.1. The van der Waals surface area contributed by atoms with Crippen molar-refractivity contribution in [1.82, 2.24) is 10.4 Å². The number of nitrogens with two attached hydrogens (primary N) is 1. The molecule has 1 rings (SSSR count). The Kier molecular flexibility index (Phi) is 6.84. The second kappa shape index (κ2) is 7.88. The van der Waals surface area contributed by atoms with Crippen LogP contribution in [0.25, 0.3) is 0 Å². The zero-order chi connectivity index (χ0) is 14.4. The summed E-state index contributed by atoms with van der Waals surface area (Å²) in [5, 5.41) is 17.6. The molecule has 1 atom stereocenters. The van der Waals surface area contributed by atoms with Crippen molar-refractivity contribution in [3.63, 3.8) is 0 Å². The van der Waals surface area contributed by atoms with E-state index in [9.17, 15) is 0 Å². The average Bonchev–Trinajstić information content (AvgIpc) is 2.67. The van der Waals surface area contributed by atoms with Crippen LogP contribution >= 0.6 is 11.3 Å². The number of rotatable bonds is 8. The van der Waals surface area contributed by atoms with E-state index in [1.54, 1.807) is 11.3 Å². The molecule has 0 saturated heterocycles. The zero-order valence-corrected chi connectivity index (χ0v) is 12.5. The molecule has 0 radical (unpaired) electrons. The number of thiazole rings is 1. The van der Waals surface area contributed by atoms with E-state index in [1.807, 2.05) is 6.92 Å². The third kappa shape index (κ3) is 5.94. The molecule has 0 bridgehead atoms. The molecule has 6 nitrogen and oxygen atoms in total. The fourth-order valence-electron chi connectivity index (χ4n) is 1.70. The zero-order valence-electron chi connectivity index (χ0n) is 11.7. The van der Waals surface area contributed by atoms with Gasteiger partial charge in [0.1, 0.15) is 5.01 Å². The summed E-state index contributed by atoms with van der Waals surface area (Å²) in [4.78, 5) is 10.1. The van der Waals surface area contributed by atoms with Gasteiger partial charge in [0.05, 0.1) is 23.7 Å². The molecule has 1 heterocycles. The Bertz CT molecular complexity index is 382. The summed E-state index contributed by atoms with van der Waals surface area (Å²) in [6, 6.07) is -0.0204. The largest absolute Gasteiger partial charge is 0.322 e. The number of aryl methyl sites for hydroxylation is 1. The number of hydrogen-bond acceptors (Lipinski definition) is 7. The predicted molar refractivity (Wildman–Crippen MR) is 72.9 cm³/mol. The van der Waals surface area contributed by atoms with Crippen LogP contribution in [0, 0.1) is 12.8 Å². The summed E-state index contributed by atoms with van der Waals surface area (Å²) in [6.07, 6.45) is 2.60. The molecule has 0 aliphatic heterocycles. The van der Waals surface area contributed by atoms with Gasteiger partial charge in [-0.3, -0.25) is 15.3 Å². The molecule has 0 aliphatic rings. The fraction of sp³-hybridized carbons (Fsp3) is 0.750. The Morgan fingerprint density at radius 1 is 1.37 bits per heavy atom. The summed E-state index contributed by atoms with van der Waals surface area (Å²) in [6.45, 7) is 6.48. The number of hydrogen-bond donors (Lipinski definition) is 3. The van der Waals surface area contributed by atoms with Gasteiger partial charge >= 0.3 is 0 Å². The van der Waals surface area contributed by atoms with Gasteiger partial charge in [0.25, 0.3) is 0 Å². The Morgan fingerprint density at radius 2 is 2.05 bits per heavy atom. The van der Waals surface area contributed by atoms with E-state index in [-0.39, 0.29) is 18.0 Å². The van der Waals surface area contributed by atoms with Crippen LogP contribution in [-0.2, 0) is 11.3 Å². The van der Waals surface area contributed by atoms with Gasteiger partial charge in [-0.05, 0) is 25.7 Å². The molecule has 4 N–H and O–H groups in total. The smallest absolute Gasteiger partial charge is 0.110 e. The molecule has 0 fully saturated rings. The van der Waals surface area contributed by atoms with E-state index >= 15 is 0 Å². The highest BCUT2D eigenvalue weighted by Gasteiger charge is 2.14. The highest BCUT2D eigenvalue weighted by molar-refractivity contribution is 7.11. The van der Waals surface area contributed by atoms with Gasteiger partial charge in [-0.2, -0.15) is 0 Å². The standard InChI is InChI=1S/C12H23N3O3S/c1-8(2)4-5-10(13)12-14-9(3)11(19-12)6-7-18-15(16)17/h8,10,16-17H,4-7,13H2,1-3H3. The van der Waals surface area contributed by atoms with Gasteiger partial charge in [-0.15, -0.1) is 11.3 Å². The van der Waals surface area contributed by atoms with E-state index in [2.05, 4.69) is 23.7 Å².